The Bertz CT molecular complexity index is 708. The van der Waals surface area contributed by atoms with Crippen molar-refractivity contribution >= 4 is 11.7 Å². The number of hydrogen-bond donors (Lipinski definition) is 2. The summed E-state index contributed by atoms with van der Waals surface area (Å²) in [5, 5.41) is 4.49. The molecule has 4 N–H and O–H groups in total. The molecule has 2 aromatic rings. The van der Waals surface area contributed by atoms with Gasteiger partial charge in [-0.3, -0.25) is 4.79 Å². The van der Waals surface area contributed by atoms with Gasteiger partial charge in [0.2, 0.25) is 0 Å². The number of carbonyl (C=O) groups is 1. The molecule has 1 aromatic carbocycles. The number of rotatable bonds is 4. The van der Waals surface area contributed by atoms with Gasteiger partial charge in [-0.25, -0.2) is 4.68 Å². The number of benzene rings is 1. The third kappa shape index (κ3) is 3.23. The molecule has 0 aliphatic rings. The number of hydrogen-bond acceptors (Lipinski definition) is 3. The number of aryl methyl sites for hydroxylation is 1. The first-order valence-electron chi connectivity index (χ1n) is 7.93. The first-order chi connectivity index (χ1) is 10.7. The fourth-order valence-electron chi connectivity index (χ4n) is 2.71. The summed E-state index contributed by atoms with van der Waals surface area (Å²) in [6.07, 6.45) is 0.616. The van der Waals surface area contributed by atoms with E-state index < -0.39 is 5.91 Å². The van der Waals surface area contributed by atoms with Crippen molar-refractivity contribution in [2.75, 3.05) is 5.73 Å². The lowest BCUT2D eigenvalue weighted by molar-refractivity contribution is 0.1000. The molecule has 0 bridgehead atoms. The summed E-state index contributed by atoms with van der Waals surface area (Å²) >= 11 is 0. The number of carbonyl (C=O) groups excluding carboxylic acids is 1. The van der Waals surface area contributed by atoms with Gasteiger partial charge in [-0.15, -0.1) is 0 Å². The Morgan fingerprint density at radius 2 is 1.83 bits per heavy atom. The van der Waals surface area contributed by atoms with Gasteiger partial charge in [0.25, 0.3) is 5.91 Å². The smallest absolute Gasteiger partial charge is 0.254 e. The van der Waals surface area contributed by atoms with Crippen LogP contribution in [0.1, 0.15) is 67.8 Å². The number of amides is 1. The molecule has 1 heterocycles. The maximum absolute atomic E-state index is 11.6. The summed E-state index contributed by atoms with van der Waals surface area (Å²) in [7, 11) is 0. The zero-order chi connectivity index (χ0) is 17.4. The number of nitrogen functional groups attached to an aromatic ring is 1. The van der Waals surface area contributed by atoms with Gasteiger partial charge in [0.1, 0.15) is 11.4 Å². The number of nitrogens with zero attached hydrogens (tertiary/aromatic N) is 2. The summed E-state index contributed by atoms with van der Waals surface area (Å²) in [6.45, 7) is 10.5. The average Bonchev–Trinajstić information content (AvgIpc) is 2.82. The molecule has 124 valence electrons. The molecular weight excluding hydrogens is 288 g/mol. The number of anilines is 1. The first-order valence-corrected chi connectivity index (χ1v) is 7.93. The Morgan fingerprint density at radius 1 is 1.26 bits per heavy atom. The van der Waals surface area contributed by atoms with E-state index in [1.165, 1.54) is 5.56 Å². The average molecular weight is 314 g/mol. The molecule has 1 amide bonds. The van der Waals surface area contributed by atoms with E-state index in [1.54, 1.807) is 4.68 Å². The molecule has 5 heteroatoms. The van der Waals surface area contributed by atoms with Crippen LogP contribution in [0.25, 0.3) is 0 Å². The highest BCUT2D eigenvalue weighted by atomic mass is 16.1. The third-order valence-electron chi connectivity index (χ3n) is 4.23. The first kappa shape index (κ1) is 17.1. The molecular formula is C18H26N4O. The van der Waals surface area contributed by atoms with E-state index in [0.29, 0.717) is 23.5 Å². The van der Waals surface area contributed by atoms with E-state index in [2.05, 4.69) is 50.1 Å². The van der Waals surface area contributed by atoms with Crippen LogP contribution in [0.15, 0.2) is 24.3 Å². The maximum Gasteiger partial charge on any atom is 0.254 e. The fraction of sp³-hybridized carbons (Fsp3) is 0.444. The van der Waals surface area contributed by atoms with Crippen LogP contribution in [0.4, 0.5) is 5.82 Å². The molecule has 0 aliphatic heterocycles. The highest BCUT2D eigenvalue weighted by Gasteiger charge is 2.22. The minimum atomic E-state index is -0.527. The summed E-state index contributed by atoms with van der Waals surface area (Å²) in [6, 6.07) is 8.36. The minimum Gasteiger partial charge on any atom is -0.383 e. The van der Waals surface area contributed by atoms with Gasteiger partial charge in [0, 0.05) is 0 Å². The van der Waals surface area contributed by atoms with Crippen molar-refractivity contribution in [3.63, 3.8) is 0 Å². The monoisotopic (exact) mass is 314 g/mol. The zero-order valence-corrected chi connectivity index (χ0v) is 14.6. The van der Waals surface area contributed by atoms with Gasteiger partial charge < -0.3 is 11.5 Å². The van der Waals surface area contributed by atoms with Crippen molar-refractivity contribution in [3.05, 3.63) is 46.6 Å². The Morgan fingerprint density at radius 3 is 2.22 bits per heavy atom. The van der Waals surface area contributed by atoms with E-state index in [4.69, 9.17) is 11.5 Å². The minimum absolute atomic E-state index is 0.0672. The molecule has 0 aliphatic carbocycles. The van der Waals surface area contributed by atoms with Gasteiger partial charge in [-0.1, -0.05) is 52.0 Å². The highest BCUT2D eigenvalue weighted by molar-refractivity contribution is 5.98. The van der Waals surface area contributed by atoms with E-state index >= 15 is 0 Å². The molecule has 1 atom stereocenters. The van der Waals surface area contributed by atoms with Crippen molar-refractivity contribution in [1.82, 2.24) is 9.78 Å². The molecule has 5 nitrogen and oxygen atoms in total. The molecule has 1 aromatic heterocycles. The SMILES string of the molecule is CCc1nn(C(C)c2ccc(C(C)(C)C)cc2)c(N)c1C(N)=O. The highest BCUT2D eigenvalue weighted by Crippen LogP contribution is 2.28. The molecule has 23 heavy (non-hydrogen) atoms. The quantitative estimate of drug-likeness (QED) is 0.909. The van der Waals surface area contributed by atoms with Crippen LogP contribution in [0.3, 0.4) is 0 Å². The van der Waals surface area contributed by atoms with Crippen LogP contribution in [0.5, 0.6) is 0 Å². The molecule has 2 rings (SSSR count). The molecule has 0 saturated heterocycles. The number of primary amides is 1. The summed E-state index contributed by atoms with van der Waals surface area (Å²) in [5.74, 6) is -0.192. The number of nitrogens with two attached hydrogens (primary N) is 2. The van der Waals surface area contributed by atoms with Crippen LogP contribution in [0.2, 0.25) is 0 Å². The second kappa shape index (κ2) is 6.07. The third-order valence-corrected chi connectivity index (χ3v) is 4.23. The molecule has 0 fully saturated rings. The van der Waals surface area contributed by atoms with E-state index in [0.717, 1.165) is 5.56 Å². The topological polar surface area (TPSA) is 86.9 Å². The van der Waals surface area contributed by atoms with E-state index in [-0.39, 0.29) is 11.5 Å². The standard InChI is InChI=1S/C18H26N4O/c1-6-14-15(17(20)23)16(19)22(21-14)11(2)12-7-9-13(10-8-12)18(3,4)5/h7-11H,6,19H2,1-5H3,(H2,20,23). The van der Waals surface area contributed by atoms with Crippen molar-refractivity contribution in [2.45, 2.75) is 52.5 Å². The maximum atomic E-state index is 11.6. The second-order valence-electron chi connectivity index (χ2n) is 6.92. The molecule has 0 radical (unpaired) electrons. The van der Waals surface area contributed by atoms with Crippen LogP contribution in [-0.2, 0) is 11.8 Å². The van der Waals surface area contributed by atoms with Gasteiger partial charge in [-0.05, 0) is 29.9 Å². The largest absolute Gasteiger partial charge is 0.383 e. The lowest BCUT2D eigenvalue weighted by Gasteiger charge is -2.21. The number of aromatic nitrogens is 2. The van der Waals surface area contributed by atoms with Gasteiger partial charge in [0.15, 0.2) is 0 Å². The predicted molar refractivity (Wildman–Crippen MR) is 93.5 cm³/mol. The normalized spacial score (nSPS) is 13.1. The summed E-state index contributed by atoms with van der Waals surface area (Å²) in [4.78, 5) is 11.6. The Hall–Kier alpha value is -2.30. The van der Waals surface area contributed by atoms with Crippen molar-refractivity contribution in [1.29, 1.82) is 0 Å². The molecule has 0 saturated carbocycles. The van der Waals surface area contributed by atoms with Crippen molar-refractivity contribution in [2.24, 2.45) is 5.73 Å². The lowest BCUT2D eigenvalue weighted by atomic mass is 9.86. The Balaban J connectivity index is 2.41. The van der Waals surface area contributed by atoms with Crippen molar-refractivity contribution < 1.29 is 4.79 Å². The molecule has 1 unspecified atom stereocenters. The lowest BCUT2D eigenvalue weighted by Crippen LogP contribution is -2.16. The van der Waals surface area contributed by atoms with Crippen LogP contribution in [0, 0.1) is 0 Å². The zero-order valence-electron chi connectivity index (χ0n) is 14.6. The van der Waals surface area contributed by atoms with Crippen LogP contribution in [-0.4, -0.2) is 15.7 Å². The van der Waals surface area contributed by atoms with Crippen LogP contribution < -0.4 is 11.5 Å². The predicted octanol–water partition coefficient (Wildman–Crippen LogP) is 3.03. The van der Waals surface area contributed by atoms with Crippen molar-refractivity contribution in [3.8, 4) is 0 Å². The molecule has 0 spiro atoms. The second-order valence-corrected chi connectivity index (χ2v) is 6.92. The fourth-order valence-corrected chi connectivity index (χ4v) is 2.71. The van der Waals surface area contributed by atoms with E-state index in [1.807, 2.05) is 13.8 Å². The van der Waals surface area contributed by atoms with Gasteiger partial charge in [-0.2, -0.15) is 5.10 Å². The Kier molecular flexibility index (Phi) is 4.50. The summed E-state index contributed by atoms with van der Waals surface area (Å²) < 4.78 is 1.69. The Labute approximate surface area is 137 Å². The van der Waals surface area contributed by atoms with E-state index in [9.17, 15) is 4.79 Å². The van der Waals surface area contributed by atoms with Gasteiger partial charge >= 0.3 is 0 Å². The van der Waals surface area contributed by atoms with Gasteiger partial charge in [0.05, 0.1) is 11.7 Å². The summed E-state index contributed by atoms with van der Waals surface area (Å²) in [5.41, 5.74) is 15.0. The van der Waals surface area contributed by atoms with Crippen LogP contribution >= 0.6 is 0 Å².